The van der Waals surface area contributed by atoms with Crippen LogP contribution in [0.1, 0.15) is 0 Å². The Labute approximate surface area is 325 Å². The molecule has 2 heteroatoms. The zero-order chi connectivity index (χ0) is 37.0. The average Bonchev–Trinajstić information content (AvgIpc) is 3.80. The molecule has 9 aromatic carbocycles. The van der Waals surface area contributed by atoms with Crippen molar-refractivity contribution in [3.63, 3.8) is 0 Å². The topological polar surface area (TPSA) is 9.86 Å². The van der Waals surface area contributed by atoms with Crippen molar-refractivity contribution in [1.82, 2.24) is 9.13 Å². The molecule has 2 nitrogen and oxygen atoms in total. The number of fused-ring (bicyclic) bond motifs is 6. The summed E-state index contributed by atoms with van der Waals surface area (Å²) in [6, 6.07) is 79.3. The van der Waals surface area contributed by atoms with Crippen molar-refractivity contribution in [2.75, 3.05) is 0 Å². The third-order valence-corrected chi connectivity index (χ3v) is 11.3. The average molecular weight is 713 g/mol. The molecule has 0 bridgehead atoms. The van der Waals surface area contributed by atoms with Crippen LogP contribution in [-0.4, -0.2) is 9.13 Å². The normalized spacial score (nSPS) is 11.6. The molecular formula is C54H36N2. The third-order valence-electron chi connectivity index (χ3n) is 11.3. The maximum absolute atomic E-state index is 2.46. The molecule has 0 unspecified atom stereocenters. The molecule has 11 aromatic rings. The van der Waals surface area contributed by atoms with E-state index in [4.69, 9.17) is 0 Å². The van der Waals surface area contributed by atoms with E-state index in [9.17, 15) is 0 Å². The summed E-state index contributed by atoms with van der Waals surface area (Å²) < 4.78 is 4.88. The van der Waals surface area contributed by atoms with E-state index in [0.717, 1.165) is 11.4 Å². The molecule has 0 amide bonds. The van der Waals surface area contributed by atoms with Gasteiger partial charge in [0.25, 0.3) is 0 Å². The number of benzene rings is 9. The van der Waals surface area contributed by atoms with E-state index in [1.165, 1.54) is 88.1 Å². The fraction of sp³-hybridized carbons (Fsp3) is 0. The third kappa shape index (κ3) is 5.19. The van der Waals surface area contributed by atoms with Crippen LogP contribution in [0.5, 0.6) is 0 Å². The monoisotopic (exact) mass is 712 g/mol. The summed E-state index contributed by atoms with van der Waals surface area (Å²) in [5.74, 6) is 0. The lowest BCUT2D eigenvalue weighted by molar-refractivity contribution is 1.18. The van der Waals surface area contributed by atoms with Crippen molar-refractivity contribution in [2.45, 2.75) is 0 Å². The largest absolute Gasteiger partial charge is 0.309 e. The fourth-order valence-corrected chi connectivity index (χ4v) is 8.78. The molecule has 0 saturated heterocycles. The molecule has 0 atom stereocenters. The molecule has 56 heavy (non-hydrogen) atoms. The zero-order valence-corrected chi connectivity index (χ0v) is 30.7. The van der Waals surface area contributed by atoms with Crippen molar-refractivity contribution < 1.29 is 0 Å². The number of hydrogen-bond donors (Lipinski definition) is 0. The lowest BCUT2D eigenvalue weighted by atomic mass is 9.96. The Kier molecular flexibility index (Phi) is 7.53. The molecule has 0 aliphatic carbocycles. The molecule has 0 N–H and O–H groups in total. The van der Waals surface area contributed by atoms with Crippen LogP contribution in [0.4, 0.5) is 0 Å². The van der Waals surface area contributed by atoms with Gasteiger partial charge in [-0.2, -0.15) is 0 Å². The van der Waals surface area contributed by atoms with E-state index in [1.807, 2.05) is 0 Å². The first-order valence-electron chi connectivity index (χ1n) is 19.3. The van der Waals surface area contributed by atoms with Crippen LogP contribution in [0, 0.1) is 0 Å². The lowest BCUT2D eigenvalue weighted by Crippen LogP contribution is -1.96. The molecule has 0 aliphatic rings. The number of hydrogen-bond acceptors (Lipinski definition) is 0. The summed E-state index contributed by atoms with van der Waals surface area (Å²) in [4.78, 5) is 0. The Morgan fingerprint density at radius 1 is 0.250 bits per heavy atom. The summed E-state index contributed by atoms with van der Waals surface area (Å²) >= 11 is 0. The smallest absolute Gasteiger partial charge is 0.0619 e. The summed E-state index contributed by atoms with van der Waals surface area (Å²) in [5.41, 5.74) is 16.8. The Balaban J connectivity index is 1.11. The quantitative estimate of drug-likeness (QED) is 0.162. The molecule has 11 rings (SSSR count). The first-order chi connectivity index (χ1) is 27.8. The fourth-order valence-electron chi connectivity index (χ4n) is 8.78. The van der Waals surface area contributed by atoms with Gasteiger partial charge in [0.1, 0.15) is 0 Å². The standard InChI is InChI=1S/C54H36N2/c1-4-15-37(16-5-1)40-19-12-20-41(35-40)39-29-32-44(33-30-39)55-50-27-11-10-23-48(50)53-45(24-14-28-52(53)55)46-25-13-26-47-49-36-42(38-17-6-2-7-18-38)31-34-51(49)56(54(46)47)43-21-8-3-9-22-43/h1-36H. The van der Waals surface area contributed by atoms with Crippen molar-refractivity contribution in [1.29, 1.82) is 0 Å². The van der Waals surface area contributed by atoms with Crippen molar-refractivity contribution in [2.24, 2.45) is 0 Å². The Bertz CT molecular complexity index is 3210. The molecule has 0 saturated carbocycles. The molecular weight excluding hydrogens is 677 g/mol. The first kappa shape index (κ1) is 32.0. The van der Waals surface area contributed by atoms with Crippen molar-refractivity contribution in [3.05, 3.63) is 218 Å². The SMILES string of the molecule is c1ccc(-c2cccc(-c3ccc(-n4c5ccccc5c5c(-c6cccc7c8cc(-c9ccccc9)ccc8n(-c8ccccc8)c67)cccc54)cc3)c2)cc1. The molecule has 262 valence electrons. The van der Waals surface area contributed by atoms with Crippen molar-refractivity contribution in [3.8, 4) is 55.9 Å². The van der Waals surface area contributed by atoms with E-state index in [1.54, 1.807) is 0 Å². The second-order valence-electron chi connectivity index (χ2n) is 14.5. The first-order valence-corrected chi connectivity index (χ1v) is 19.3. The van der Waals surface area contributed by atoms with Crippen LogP contribution in [0.15, 0.2) is 218 Å². The minimum absolute atomic E-state index is 1.14. The predicted molar refractivity (Wildman–Crippen MR) is 237 cm³/mol. The van der Waals surface area contributed by atoms with Gasteiger partial charge in [-0.25, -0.2) is 0 Å². The number of aromatic nitrogens is 2. The zero-order valence-electron chi connectivity index (χ0n) is 30.7. The van der Waals surface area contributed by atoms with E-state index < -0.39 is 0 Å². The van der Waals surface area contributed by atoms with Crippen LogP contribution in [0.3, 0.4) is 0 Å². The molecule has 0 radical (unpaired) electrons. The number of rotatable bonds is 6. The maximum atomic E-state index is 2.46. The molecule has 0 fully saturated rings. The van der Waals surface area contributed by atoms with Crippen LogP contribution < -0.4 is 0 Å². The highest BCUT2D eigenvalue weighted by molar-refractivity contribution is 6.21. The summed E-state index contributed by atoms with van der Waals surface area (Å²) in [7, 11) is 0. The van der Waals surface area contributed by atoms with Gasteiger partial charge in [0, 0.05) is 38.5 Å². The summed E-state index contributed by atoms with van der Waals surface area (Å²) in [5, 5.41) is 4.98. The second kappa shape index (κ2) is 13.2. The van der Waals surface area contributed by atoms with Gasteiger partial charge in [-0.15, -0.1) is 0 Å². The number of nitrogens with zero attached hydrogens (tertiary/aromatic N) is 2. The van der Waals surface area contributed by atoms with Crippen LogP contribution in [-0.2, 0) is 0 Å². The lowest BCUT2D eigenvalue weighted by Gasteiger charge is -2.13. The van der Waals surface area contributed by atoms with Gasteiger partial charge in [-0.1, -0.05) is 164 Å². The molecule has 2 aromatic heterocycles. The van der Waals surface area contributed by atoms with Gasteiger partial charge in [0.05, 0.1) is 22.1 Å². The molecule has 0 spiro atoms. The van der Waals surface area contributed by atoms with E-state index in [-0.39, 0.29) is 0 Å². The van der Waals surface area contributed by atoms with Gasteiger partial charge in [-0.3, -0.25) is 0 Å². The highest BCUT2D eigenvalue weighted by Crippen LogP contribution is 2.44. The summed E-state index contributed by atoms with van der Waals surface area (Å²) in [6.45, 7) is 0. The van der Waals surface area contributed by atoms with Gasteiger partial charge in [0.15, 0.2) is 0 Å². The van der Waals surface area contributed by atoms with Crippen molar-refractivity contribution >= 4 is 43.6 Å². The molecule has 2 heterocycles. The Morgan fingerprint density at radius 2 is 0.732 bits per heavy atom. The van der Waals surface area contributed by atoms with E-state index in [0.29, 0.717) is 0 Å². The van der Waals surface area contributed by atoms with Crippen LogP contribution in [0.2, 0.25) is 0 Å². The van der Waals surface area contributed by atoms with E-state index >= 15 is 0 Å². The highest BCUT2D eigenvalue weighted by Gasteiger charge is 2.21. The number of para-hydroxylation sites is 3. The van der Waals surface area contributed by atoms with Gasteiger partial charge >= 0.3 is 0 Å². The summed E-state index contributed by atoms with van der Waals surface area (Å²) in [6.07, 6.45) is 0. The van der Waals surface area contributed by atoms with Crippen LogP contribution >= 0.6 is 0 Å². The Hall–Kier alpha value is -7.42. The highest BCUT2D eigenvalue weighted by atomic mass is 15.0. The van der Waals surface area contributed by atoms with Crippen LogP contribution in [0.25, 0.3) is 99.5 Å². The van der Waals surface area contributed by atoms with Gasteiger partial charge < -0.3 is 9.13 Å². The van der Waals surface area contributed by atoms with Gasteiger partial charge in [-0.05, 0) is 93.5 Å². The minimum atomic E-state index is 1.14. The molecule has 0 aliphatic heterocycles. The minimum Gasteiger partial charge on any atom is -0.309 e. The van der Waals surface area contributed by atoms with E-state index in [2.05, 4.69) is 228 Å². The second-order valence-corrected chi connectivity index (χ2v) is 14.5. The Morgan fingerprint density at radius 3 is 1.46 bits per heavy atom. The predicted octanol–water partition coefficient (Wildman–Crippen LogP) is 14.5. The maximum Gasteiger partial charge on any atom is 0.0619 e. The van der Waals surface area contributed by atoms with Gasteiger partial charge in [0.2, 0.25) is 0 Å².